The van der Waals surface area contributed by atoms with Gasteiger partial charge in [-0.25, -0.2) is 5.43 Å². The molecule has 1 aromatic carbocycles. The molecule has 2 aromatic rings. The molecule has 0 unspecified atom stereocenters. The van der Waals surface area contributed by atoms with Crippen LogP contribution in [0.15, 0.2) is 52.2 Å². The van der Waals surface area contributed by atoms with Crippen molar-refractivity contribution in [2.45, 2.75) is 18.1 Å². The third-order valence-electron chi connectivity index (χ3n) is 3.42. The van der Waals surface area contributed by atoms with Gasteiger partial charge in [0.2, 0.25) is 5.91 Å². The normalized spacial score (nSPS) is 17.0. The Morgan fingerprint density at radius 2 is 2.29 bits per heavy atom. The first-order chi connectivity index (χ1) is 10.3. The lowest BCUT2D eigenvalue weighted by molar-refractivity contribution is -0.118. The number of carbonyl (C=O) groups is 1. The molecule has 21 heavy (non-hydrogen) atoms. The third kappa shape index (κ3) is 3.55. The Morgan fingerprint density at radius 1 is 1.38 bits per heavy atom. The van der Waals surface area contributed by atoms with Gasteiger partial charge in [0.15, 0.2) is 0 Å². The van der Waals surface area contributed by atoms with Crippen LogP contribution in [0.25, 0.3) is 0 Å². The van der Waals surface area contributed by atoms with Crippen LogP contribution < -0.4 is 5.43 Å². The maximum atomic E-state index is 11.8. The van der Waals surface area contributed by atoms with Crippen molar-refractivity contribution >= 4 is 23.9 Å². The van der Waals surface area contributed by atoms with Crippen molar-refractivity contribution in [1.29, 1.82) is 0 Å². The predicted octanol–water partition coefficient (Wildman–Crippen LogP) is 3.15. The summed E-state index contributed by atoms with van der Waals surface area (Å²) in [6.45, 7) is 0. The van der Waals surface area contributed by atoms with E-state index in [4.69, 9.17) is 4.42 Å². The van der Waals surface area contributed by atoms with E-state index in [0.717, 1.165) is 12.8 Å². The molecule has 0 saturated heterocycles. The van der Waals surface area contributed by atoms with Crippen molar-refractivity contribution in [2.24, 2.45) is 5.10 Å². The highest BCUT2D eigenvalue weighted by atomic mass is 32.2. The number of amides is 1. The van der Waals surface area contributed by atoms with Gasteiger partial charge in [0, 0.05) is 5.25 Å². The largest absolute Gasteiger partial charge is 0.463 e. The summed E-state index contributed by atoms with van der Waals surface area (Å²) in [7, 11) is 0. The minimum absolute atomic E-state index is 0.0906. The van der Waals surface area contributed by atoms with Crippen LogP contribution in [0.2, 0.25) is 0 Å². The van der Waals surface area contributed by atoms with Crippen LogP contribution in [-0.4, -0.2) is 17.9 Å². The molecule has 3 rings (SSSR count). The van der Waals surface area contributed by atoms with Crippen molar-refractivity contribution in [3.8, 4) is 0 Å². The Kier molecular flexibility index (Phi) is 4.40. The van der Waals surface area contributed by atoms with Gasteiger partial charge in [0.1, 0.15) is 5.76 Å². The Bertz CT molecular complexity index is 637. The van der Waals surface area contributed by atoms with Crippen LogP contribution in [0.4, 0.5) is 0 Å². The zero-order valence-corrected chi connectivity index (χ0v) is 12.3. The fourth-order valence-corrected chi connectivity index (χ4v) is 3.54. The van der Waals surface area contributed by atoms with Crippen LogP contribution in [0.3, 0.4) is 0 Å². The fourth-order valence-electron chi connectivity index (χ4n) is 2.43. The number of aryl methyl sites for hydroxylation is 1. The Morgan fingerprint density at radius 3 is 3.14 bits per heavy atom. The predicted molar refractivity (Wildman–Crippen MR) is 84.4 cm³/mol. The zero-order valence-electron chi connectivity index (χ0n) is 11.5. The third-order valence-corrected chi connectivity index (χ3v) is 4.74. The quantitative estimate of drug-likeness (QED) is 0.681. The number of hydrogen-bond acceptors (Lipinski definition) is 4. The van der Waals surface area contributed by atoms with E-state index in [1.165, 1.54) is 17.3 Å². The van der Waals surface area contributed by atoms with Gasteiger partial charge in [-0.2, -0.15) is 5.10 Å². The van der Waals surface area contributed by atoms with Crippen molar-refractivity contribution in [2.75, 3.05) is 5.75 Å². The van der Waals surface area contributed by atoms with Gasteiger partial charge in [-0.1, -0.05) is 24.3 Å². The number of fused-ring (bicyclic) bond motifs is 1. The maximum Gasteiger partial charge on any atom is 0.250 e. The van der Waals surface area contributed by atoms with E-state index in [9.17, 15) is 4.79 Å². The zero-order chi connectivity index (χ0) is 14.5. The number of nitrogens with zero attached hydrogens (tertiary/aromatic N) is 1. The lowest BCUT2D eigenvalue weighted by Crippen LogP contribution is -2.20. The first kappa shape index (κ1) is 13.9. The van der Waals surface area contributed by atoms with Crippen LogP contribution in [0.5, 0.6) is 0 Å². The van der Waals surface area contributed by atoms with Crippen LogP contribution in [-0.2, 0) is 11.2 Å². The Hall–Kier alpha value is -2.01. The molecule has 0 fully saturated rings. The van der Waals surface area contributed by atoms with Crippen LogP contribution in [0.1, 0.15) is 28.6 Å². The molecule has 4 nitrogen and oxygen atoms in total. The van der Waals surface area contributed by atoms with Gasteiger partial charge >= 0.3 is 0 Å². The molecule has 1 aliphatic carbocycles. The summed E-state index contributed by atoms with van der Waals surface area (Å²) in [5, 5.41) is 4.29. The smallest absolute Gasteiger partial charge is 0.250 e. The summed E-state index contributed by atoms with van der Waals surface area (Å²) in [5.41, 5.74) is 5.30. The average molecular weight is 300 g/mol. The van der Waals surface area contributed by atoms with Crippen LogP contribution in [0, 0.1) is 0 Å². The second-order valence-electron chi connectivity index (χ2n) is 4.85. The molecule has 1 aliphatic rings. The number of hydrogen-bond donors (Lipinski definition) is 1. The molecule has 108 valence electrons. The molecule has 1 amide bonds. The molecule has 0 bridgehead atoms. The molecule has 1 N–H and O–H groups in total. The summed E-state index contributed by atoms with van der Waals surface area (Å²) >= 11 is 1.67. The molecule has 0 radical (unpaired) electrons. The Balaban J connectivity index is 1.46. The van der Waals surface area contributed by atoms with Gasteiger partial charge in [-0.3, -0.25) is 4.79 Å². The maximum absolute atomic E-state index is 11.8. The summed E-state index contributed by atoms with van der Waals surface area (Å²) in [6.07, 6.45) is 5.27. The number of thioether (sulfide) groups is 1. The van der Waals surface area contributed by atoms with E-state index in [0.29, 0.717) is 16.8 Å². The number of rotatable bonds is 5. The molecular weight excluding hydrogens is 284 g/mol. The Labute approximate surface area is 127 Å². The molecular formula is C16H16N2O2S. The van der Waals surface area contributed by atoms with Crippen molar-refractivity contribution < 1.29 is 9.21 Å². The fraction of sp³-hybridized carbons (Fsp3) is 0.250. The highest BCUT2D eigenvalue weighted by Gasteiger charge is 2.22. The minimum atomic E-state index is -0.0906. The number of nitrogens with one attached hydrogen (secondary N) is 1. The molecule has 1 heterocycles. The van der Waals surface area contributed by atoms with Gasteiger partial charge in [0.05, 0.1) is 18.2 Å². The molecule has 5 heteroatoms. The molecule has 0 aliphatic heterocycles. The monoisotopic (exact) mass is 300 g/mol. The van der Waals surface area contributed by atoms with Crippen LogP contribution >= 0.6 is 11.8 Å². The second-order valence-corrected chi connectivity index (χ2v) is 6.04. The molecule has 0 spiro atoms. The van der Waals surface area contributed by atoms with E-state index in [-0.39, 0.29) is 5.91 Å². The summed E-state index contributed by atoms with van der Waals surface area (Å²) < 4.78 is 5.09. The highest BCUT2D eigenvalue weighted by molar-refractivity contribution is 8.00. The van der Waals surface area contributed by atoms with E-state index in [1.807, 2.05) is 0 Å². The van der Waals surface area contributed by atoms with Gasteiger partial charge in [-0.05, 0) is 36.1 Å². The standard InChI is InChI=1S/C16H16N2O2S/c19-16(18-17-10-13-5-3-9-20-13)11-21-15-8-7-12-4-1-2-6-14(12)15/h1-6,9-10,15H,7-8,11H2,(H,18,19)/b17-10-/t15-/m1/s1. The van der Waals surface area contributed by atoms with E-state index >= 15 is 0 Å². The van der Waals surface area contributed by atoms with E-state index in [1.54, 1.807) is 30.2 Å². The van der Waals surface area contributed by atoms with E-state index in [2.05, 4.69) is 34.8 Å². The van der Waals surface area contributed by atoms with Crippen molar-refractivity contribution in [3.05, 3.63) is 59.5 Å². The molecule has 1 aromatic heterocycles. The lowest BCUT2D eigenvalue weighted by atomic mass is 10.1. The number of furan rings is 1. The number of benzene rings is 1. The average Bonchev–Trinajstić information content (AvgIpc) is 3.14. The van der Waals surface area contributed by atoms with Gasteiger partial charge < -0.3 is 4.42 Å². The number of carbonyl (C=O) groups excluding carboxylic acids is 1. The highest BCUT2D eigenvalue weighted by Crippen LogP contribution is 2.40. The second kappa shape index (κ2) is 6.63. The summed E-state index contributed by atoms with van der Waals surface area (Å²) in [5.74, 6) is 0.939. The van der Waals surface area contributed by atoms with Gasteiger partial charge in [-0.15, -0.1) is 11.8 Å². The minimum Gasteiger partial charge on any atom is -0.463 e. The molecule has 1 atom stereocenters. The first-order valence-electron chi connectivity index (χ1n) is 6.88. The van der Waals surface area contributed by atoms with Gasteiger partial charge in [0.25, 0.3) is 0 Å². The SMILES string of the molecule is O=C(CS[C@@H]1CCc2ccccc21)N/N=C\c1ccco1. The lowest BCUT2D eigenvalue weighted by Gasteiger charge is -2.10. The first-order valence-corrected chi connectivity index (χ1v) is 7.92. The summed E-state index contributed by atoms with van der Waals surface area (Å²) in [6, 6.07) is 12.0. The van der Waals surface area contributed by atoms with E-state index < -0.39 is 0 Å². The summed E-state index contributed by atoms with van der Waals surface area (Å²) in [4.78, 5) is 11.8. The topological polar surface area (TPSA) is 54.6 Å². The molecule has 0 saturated carbocycles. The van der Waals surface area contributed by atoms with Crippen molar-refractivity contribution in [3.63, 3.8) is 0 Å². The van der Waals surface area contributed by atoms with Crippen molar-refractivity contribution in [1.82, 2.24) is 5.43 Å². The number of hydrazone groups is 1.